The summed E-state index contributed by atoms with van der Waals surface area (Å²) < 4.78 is 8.99. The molecule has 0 saturated heterocycles. The minimum atomic E-state index is -1.63. The van der Waals surface area contributed by atoms with E-state index in [0.29, 0.717) is 0 Å². The fourth-order valence-corrected chi connectivity index (χ4v) is 2.14. The van der Waals surface area contributed by atoms with E-state index < -0.39 is 40.6 Å². The predicted octanol–water partition coefficient (Wildman–Crippen LogP) is 1.27. The number of methoxy groups -OCH3 is 2. The molecule has 118 valence electrons. The molecule has 0 aliphatic carbocycles. The van der Waals surface area contributed by atoms with Crippen LogP contribution >= 0.6 is 0 Å². The monoisotopic (exact) mass is 310 g/mol. The van der Waals surface area contributed by atoms with E-state index in [1.54, 1.807) is 0 Å². The van der Waals surface area contributed by atoms with Gasteiger partial charge < -0.3 is 19.7 Å². The molecule has 0 radical (unpaired) electrons. The van der Waals surface area contributed by atoms with Gasteiger partial charge in [-0.25, -0.2) is 19.2 Å². The van der Waals surface area contributed by atoms with Crippen LogP contribution in [0.4, 0.5) is 0 Å². The molecule has 0 heterocycles. The first-order valence-corrected chi connectivity index (χ1v) is 5.99. The van der Waals surface area contributed by atoms with Crippen molar-refractivity contribution < 1.29 is 38.9 Å². The second-order valence-corrected chi connectivity index (χ2v) is 4.34. The number of hydrogen-bond donors (Lipinski definition) is 2. The maximum absolute atomic E-state index is 11.9. The van der Waals surface area contributed by atoms with Crippen LogP contribution < -0.4 is 0 Å². The Hall–Kier alpha value is -2.90. The molecule has 0 amide bonds. The largest absolute Gasteiger partial charge is 0.478 e. The quantitative estimate of drug-likeness (QED) is 0.796. The molecule has 1 rings (SSSR count). The first kappa shape index (κ1) is 17.2. The number of aromatic carboxylic acids is 2. The molecule has 22 heavy (non-hydrogen) atoms. The Kier molecular flexibility index (Phi) is 4.87. The number of ether oxygens (including phenoxy) is 2. The molecule has 0 aromatic heterocycles. The van der Waals surface area contributed by atoms with Crippen LogP contribution in [-0.2, 0) is 9.47 Å². The first-order chi connectivity index (χ1) is 10.2. The van der Waals surface area contributed by atoms with Gasteiger partial charge in [0, 0.05) is 0 Å². The van der Waals surface area contributed by atoms with Crippen LogP contribution in [0.3, 0.4) is 0 Å². The van der Waals surface area contributed by atoms with Gasteiger partial charge in [0.25, 0.3) is 0 Å². The molecular weight excluding hydrogens is 296 g/mol. The molecule has 1 aromatic rings. The molecule has 1 aromatic carbocycles. The summed E-state index contributed by atoms with van der Waals surface area (Å²) in [6.45, 7) is 2.74. The van der Waals surface area contributed by atoms with Crippen molar-refractivity contribution in [3.8, 4) is 0 Å². The lowest BCUT2D eigenvalue weighted by Gasteiger charge is -2.17. The first-order valence-electron chi connectivity index (χ1n) is 5.99. The third-order valence-corrected chi connectivity index (χ3v) is 3.27. The average Bonchev–Trinajstić information content (AvgIpc) is 2.46. The van der Waals surface area contributed by atoms with Crippen LogP contribution in [0.1, 0.15) is 52.6 Å². The van der Waals surface area contributed by atoms with Crippen LogP contribution in [0.2, 0.25) is 0 Å². The fraction of sp³-hybridized carbons (Fsp3) is 0.286. The zero-order valence-electron chi connectivity index (χ0n) is 12.3. The fourth-order valence-electron chi connectivity index (χ4n) is 2.14. The summed E-state index contributed by atoms with van der Waals surface area (Å²) >= 11 is 0. The zero-order valence-corrected chi connectivity index (χ0v) is 12.3. The number of carboxylic acids is 2. The molecule has 0 spiro atoms. The number of rotatable bonds is 4. The van der Waals surface area contributed by atoms with Crippen molar-refractivity contribution in [2.24, 2.45) is 0 Å². The summed E-state index contributed by atoms with van der Waals surface area (Å²) in [5.41, 5.74) is -2.15. The highest BCUT2D eigenvalue weighted by molar-refractivity contribution is 6.15. The molecular formula is C14H14O8. The molecule has 2 N–H and O–H groups in total. The van der Waals surface area contributed by atoms with Crippen LogP contribution in [0, 0.1) is 13.8 Å². The number of carbonyl (C=O) groups is 4. The zero-order chi connectivity index (χ0) is 17.2. The van der Waals surface area contributed by atoms with Gasteiger partial charge in [0.1, 0.15) is 0 Å². The Labute approximate surface area is 125 Å². The van der Waals surface area contributed by atoms with E-state index in [9.17, 15) is 29.4 Å². The normalized spacial score (nSPS) is 10.0. The molecule has 8 nitrogen and oxygen atoms in total. The summed E-state index contributed by atoms with van der Waals surface area (Å²) in [6.07, 6.45) is 0. The molecule has 0 bridgehead atoms. The van der Waals surface area contributed by atoms with Crippen LogP contribution in [0.5, 0.6) is 0 Å². The Bertz CT molecular complexity index is 687. The Morgan fingerprint density at radius 3 is 1.41 bits per heavy atom. The van der Waals surface area contributed by atoms with Gasteiger partial charge in [0.05, 0.1) is 36.5 Å². The summed E-state index contributed by atoms with van der Waals surface area (Å²) in [4.78, 5) is 46.7. The van der Waals surface area contributed by atoms with Crippen LogP contribution in [0.15, 0.2) is 0 Å². The van der Waals surface area contributed by atoms with E-state index in [1.807, 2.05) is 0 Å². The second-order valence-electron chi connectivity index (χ2n) is 4.34. The predicted molar refractivity (Wildman–Crippen MR) is 72.5 cm³/mol. The molecule has 8 heteroatoms. The number of esters is 2. The van der Waals surface area contributed by atoms with Crippen LogP contribution in [0.25, 0.3) is 0 Å². The maximum atomic E-state index is 11.9. The van der Waals surface area contributed by atoms with Crippen molar-refractivity contribution in [3.05, 3.63) is 33.4 Å². The molecule has 0 aliphatic rings. The van der Waals surface area contributed by atoms with Gasteiger partial charge >= 0.3 is 23.9 Å². The Morgan fingerprint density at radius 2 is 1.05 bits per heavy atom. The van der Waals surface area contributed by atoms with E-state index in [0.717, 1.165) is 14.2 Å². The van der Waals surface area contributed by atoms with E-state index >= 15 is 0 Å². The van der Waals surface area contributed by atoms with Crippen molar-refractivity contribution in [2.75, 3.05) is 14.2 Å². The van der Waals surface area contributed by atoms with Gasteiger partial charge in [0.15, 0.2) is 0 Å². The summed E-state index contributed by atoms with van der Waals surface area (Å²) in [6, 6.07) is 0. The Morgan fingerprint density at radius 1 is 0.682 bits per heavy atom. The summed E-state index contributed by atoms with van der Waals surface area (Å²) in [5.74, 6) is -5.28. The van der Waals surface area contributed by atoms with Crippen molar-refractivity contribution in [1.29, 1.82) is 0 Å². The van der Waals surface area contributed by atoms with Gasteiger partial charge in [-0.1, -0.05) is 0 Å². The van der Waals surface area contributed by atoms with Gasteiger partial charge in [-0.3, -0.25) is 0 Å². The lowest BCUT2D eigenvalue weighted by Crippen LogP contribution is -2.23. The van der Waals surface area contributed by atoms with Crippen LogP contribution in [-0.4, -0.2) is 48.3 Å². The van der Waals surface area contributed by atoms with Crippen molar-refractivity contribution in [2.45, 2.75) is 13.8 Å². The van der Waals surface area contributed by atoms with Crippen molar-refractivity contribution >= 4 is 23.9 Å². The number of hydrogen-bond acceptors (Lipinski definition) is 6. The second kappa shape index (κ2) is 6.25. The molecule has 0 saturated carbocycles. The number of benzene rings is 1. The van der Waals surface area contributed by atoms with E-state index in [1.165, 1.54) is 13.8 Å². The highest BCUT2D eigenvalue weighted by Gasteiger charge is 2.34. The maximum Gasteiger partial charge on any atom is 0.339 e. The third-order valence-electron chi connectivity index (χ3n) is 3.27. The van der Waals surface area contributed by atoms with E-state index in [2.05, 4.69) is 9.47 Å². The SMILES string of the molecule is COC(=O)c1c(C)c(C)c(C(=O)O)c(C(=O)OC)c1C(=O)O. The van der Waals surface area contributed by atoms with E-state index in [-0.39, 0.29) is 16.7 Å². The summed E-state index contributed by atoms with van der Waals surface area (Å²) in [5, 5.41) is 18.6. The third kappa shape index (κ3) is 2.62. The molecule has 0 atom stereocenters. The van der Waals surface area contributed by atoms with Crippen molar-refractivity contribution in [1.82, 2.24) is 0 Å². The standard InChI is InChI=1S/C14H14O8/c1-5-6(2)8(13(19)21-3)9(12(17)18)10(14(20)22-4)7(5)11(15)16/h1-4H3,(H,15,16)(H,17,18). The Balaban J connectivity index is 4.11. The minimum Gasteiger partial charge on any atom is -0.478 e. The lowest BCUT2D eigenvalue weighted by molar-refractivity contribution is 0.0555. The molecule has 0 unspecified atom stereocenters. The number of carbonyl (C=O) groups excluding carboxylic acids is 2. The average molecular weight is 310 g/mol. The van der Waals surface area contributed by atoms with Crippen molar-refractivity contribution in [3.63, 3.8) is 0 Å². The molecule has 0 aliphatic heterocycles. The van der Waals surface area contributed by atoms with Gasteiger partial charge in [-0.05, 0) is 25.0 Å². The lowest BCUT2D eigenvalue weighted by atomic mass is 9.87. The van der Waals surface area contributed by atoms with Gasteiger partial charge in [0.2, 0.25) is 0 Å². The minimum absolute atomic E-state index is 0.0818. The highest BCUT2D eigenvalue weighted by Crippen LogP contribution is 2.29. The summed E-state index contributed by atoms with van der Waals surface area (Å²) in [7, 11) is 2.03. The van der Waals surface area contributed by atoms with E-state index in [4.69, 9.17) is 0 Å². The molecule has 0 fully saturated rings. The van der Waals surface area contributed by atoms with Gasteiger partial charge in [-0.15, -0.1) is 0 Å². The smallest absolute Gasteiger partial charge is 0.339 e. The topological polar surface area (TPSA) is 127 Å². The van der Waals surface area contributed by atoms with Gasteiger partial charge in [-0.2, -0.15) is 0 Å². The highest BCUT2D eigenvalue weighted by atomic mass is 16.5. The number of carboxylic acid groups (broad SMARTS) is 2.